The van der Waals surface area contributed by atoms with Gasteiger partial charge in [-0.25, -0.2) is 0 Å². The van der Waals surface area contributed by atoms with E-state index < -0.39 is 5.92 Å². The summed E-state index contributed by atoms with van der Waals surface area (Å²) in [7, 11) is 0. The Morgan fingerprint density at radius 2 is 2.10 bits per heavy atom. The van der Waals surface area contributed by atoms with Gasteiger partial charge in [0.2, 0.25) is 17.7 Å². The molecule has 160 valence electrons. The third-order valence-electron chi connectivity index (χ3n) is 5.58. The molecule has 8 nitrogen and oxygen atoms in total. The number of benzene rings is 1. The smallest absolute Gasteiger partial charge is 0.249 e. The number of carbonyl (C=O) groups excluding carboxylic acids is 2. The zero-order chi connectivity index (χ0) is 21.3. The van der Waals surface area contributed by atoms with Crippen molar-refractivity contribution in [3.8, 4) is 5.75 Å². The molecule has 1 saturated carbocycles. The molecule has 30 heavy (non-hydrogen) atoms. The van der Waals surface area contributed by atoms with Crippen molar-refractivity contribution in [1.82, 2.24) is 15.5 Å². The van der Waals surface area contributed by atoms with Gasteiger partial charge in [-0.05, 0) is 37.8 Å². The number of rotatable bonds is 8. The molecule has 2 atom stereocenters. The van der Waals surface area contributed by atoms with Crippen molar-refractivity contribution < 1.29 is 18.8 Å². The second-order valence-corrected chi connectivity index (χ2v) is 8.30. The average molecular weight is 412 g/mol. The number of carbonyl (C=O) groups is 2. The van der Waals surface area contributed by atoms with Gasteiger partial charge in [0, 0.05) is 18.9 Å². The number of ether oxygens (including phenoxy) is 1. The lowest BCUT2D eigenvalue weighted by atomic mass is 10.0. The maximum Gasteiger partial charge on any atom is 0.249 e. The highest BCUT2D eigenvalue weighted by atomic mass is 16.5. The molecule has 0 spiro atoms. The predicted octanol–water partition coefficient (Wildman–Crippen LogP) is 3.21. The third kappa shape index (κ3) is 4.17. The first-order valence-corrected chi connectivity index (χ1v) is 10.6. The van der Waals surface area contributed by atoms with Crippen LogP contribution < -0.4 is 15.0 Å². The molecule has 4 rings (SSSR count). The Bertz CT molecular complexity index is 921. The van der Waals surface area contributed by atoms with Gasteiger partial charge in [-0.3, -0.25) is 9.59 Å². The monoisotopic (exact) mass is 412 g/mol. The number of hydrogen-bond acceptors (Lipinski definition) is 6. The summed E-state index contributed by atoms with van der Waals surface area (Å²) in [4.78, 5) is 31.8. The van der Waals surface area contributed by atoms with E-state index >= 15 is 0 Å². The van der Waals surface area contributed by atoms with Crippen LogP contribution in [0.15, 0.2) is 28.8 Å². The van der Waals surface area contributed by atoms with Crippen molar-refractivity contribution in [3.63, 3.8) is 0 Å². The van der Waals surface area contributed by atoms with Crippen molar-refractivity contribution in [2.24, 2.45) is 11.8 Å². The van der Waals surface area contributed by atoms with Crippen molar-refractivity contribution in [1.29, 1.82) is 0 Å². The summed E-state index contributed by atoms with van der Waals surface area (Å²) in [6, 6.07) is 7.03. The van der Waals surface area contributed by atoms with E-state index in [1.54, 1.807) is 4.90 Å². The zero-order valence-corrected chi connectivity index (χ0v) is 17.6. The van der Waals surface area contributed by atoms with Crippen LogP contribution in [0.25, 0.3) is 0 Å². The van der Waals surface area contributed by atoms with Gasteiger partial charge in [0.05, 0.1) is 18.2 Å². The average Bonchev–Trinajstić information content (AvgIpc) is 3.33. The molecule has 1 aromatic carbocycles. The molecule has 2 aromatic rings. The molecule has 1 N–H and O–H groups in total. The zero-order valence-electron chi connectivity index (χ0n) is 17.6. The van der Waals surface area contributed by atoms with Crippen LogP contribution in [0, 0.1) is 11.8 Å². The van der Waals surface area contributed by atoms with Crippen LogP contribution in [0.3, 0.4) is 0 Å². The number of hydrogen-bond donors (Lipinski definition) is 1. The normalized spacial score (nSPS) is 19.9. The molecule has 1 aliphatic carbocycles. The second-order valence-electron chi connectivity index (χ2n) is 8.30. The van der Waals surface area contributed by atoms with E-state index in [4.69, 9.17) is 9.26 Å². The minimum Gasteiger partial charge on any atom is -0.492 e. The molecule has 2 heterocycles. The minimum atomic E-state index is -0.445. The Morgan fingerprint density at radius 1 is 1.33 bits per heavy atom. The quantitative estimate of drug-likeness (QED) is 0.715. The Morgan fingerprint density at radius 3 is 2.80 bits per heavy atom. The van der Waals surface area contributed by atoms with E-state index in [9.17, 15) is 9.59 Å². The number of aromatic nitrogens is 2. The van der Waals surface area contributed by atoms with Crippen molar-refractivity contribution in [2.75, 3.05) is 18.1 Å². The molecule has 0 radical (unpaired) electrons. The third-order valence-corrected chi connectivity index (χ3v) is 5.58. The van der Waals surface area contributed by atoms with Crippen LogP contribution in [0.4, 0.5) is 5.69 Å². The van der Waals surface area contributed by atoms with E-state index in [1.807, 2.05) is 45.0 Å². The van der Waals surface area contributed by atoms with Crippen LogP contribution in [-0.2, 0) is 9.59 Å². The lowest BCUT2D eigenvalue weighted by molar-refractivity contribution is -0.127. The number of nitrogens with one attached hydrogen (secondary N) is 1. The molecule has 1 aromatic heterocycles. The molecular formula is C22H28N4O4. The summed E-state index contributed by atoms with van der Waals surface area (Å²) in [5, 5.41) is 7.10. The molecule has 0 bridgehead atoms. The van der Waals surface area contributed by atoms with Crippen LogP contribution in [-0.4, -0.2) is 35.1 Å². The first-order chi connectivity index (χ1) is 14.5. The summed E-state index contributed by atoms with van der Waals surface area (Å²) >= 11 is 0. The van der Waals surface area contributed by atoms with Crippen LogP contribution >= 0.6 is 0 Å². The maximum absolute atomic E-state index is 13.0. The van der Waals surface area contributed by atoms with Gasteiger partial charge in [0.1, 0.15) is 11.8 Å². The summed E-state index contributed by atoms with van der Waals surface area (Å²) < 4.78 is 11.1. The molecule has 1 saturated heterocycles. The van der Waals surface area contributed by atoms with E-state index in [2.05, 4.69) is 15.5 Å². The number of amides is 2. The van der Waals surface area contributed by atoms with Crippen molar-refractivity contribution in [3.05, 3.63) is 36.0 Å². The summed E-state index contributed by atoms with van der Waals surface area (Å²) in [6.07, 6.45) is 2.33. The lowest BCUT2D eigenvalue weighted by Gasteiger charge is -2.22. The van der Waals surface area contributed by atoms with Gasteiger partial charge < -0.3 is 19.5 Å². The fourth-order valence-corrected chi connectivity index (χ4v) is 3.74. The van der Waals surface area contributed by atoms with Crippen LogP contribution in [0.5, 0.6) is 5.75 Å². The number of nitrogens with zero attached hydrogens (tertiary/aromatic N) is 3. The van der Waals surface area contributed by atoms with Gasteiger partial charge in [-0.2, -0.15) is 4.98 Å². The molecule has 2 unspecified atom stereocenters. The van der Waals surface area contributed by atoms with E-state index in [1.165, 1.54) is 0 Å². The molecule has 2 aliphatic rings. The lowest BCUT2D eigenvalue weighted by Crippen LogP contribution is -2.37. The van der Waals surface area contributed by atoms with E-state index in [0.717, 1.165) is 18.7 Å². The molecular weight excluding hydrogens is 384 g/mol. The topological polar surface area (TPSA) is 97.6 Å². The SMILES string of the molecule is CCOc1ccccc1N1CC(C(=O)NC(c2nc(C3CC3)no2)C(C)C)CC1=O. The van der Waals surface area contributed by atoms with Crippen molar-refractivity contribution >= 4 is 17.5 Å². The largest absolute Gasteiger partial charge is 0.492 e. The minimum absolute atomic E-state index is 0.0772. The Balaban J connectivity index is 1.46. The highest BCUT2D eigenvalue weighted by Gasteiger charge is 2.38. The predicted molar refractivity (Wildman–Crippen MR) is 110 cm³/mol. The summed E-state index contributed by atoms with van der Waals surface area (Å²) in [5.41, 5.74) is 0.700. The highest BCUT2D eigenvalue weighted by Crippen LogP contribution is 2.39. The van der Waals surface area contributed by atoms with Crippen LogP contribution in [0.2, 0.25) is 0 Å². The second kappa shape index (κ2) is 8.45. The standard InChI is InChI=1S/C22H28N4O4/c1-4-29-17-8-6-5-7-16(17)26-12-15(11-18(26)27)21(28)23-19(13(2)3)22-24-20(25-30-22)14-9-10-14/h5-8,13-15,19H,4,9-12H2,1-3H3,(H,23,28). The Kier molecular flexibility index (Phi) is 5.74. The maximum atomic E-state index is 13.0. The Hall–Kier alpha value is -2.90. The fourth-order valence-electron chi connectivity index (χ4n) is 3.74. The van der Waals surface area contributed by atoms with Crippen molar-refractivity contribution in [2.45, 2.75) is 52.0 Å². The molecule has 2 fully saturated rings. The van der Waals surface area contributed by atoms with Gasteiger partial charge in [-0.1, -0.05) is 31.1 Å². The Labute approximate surface area is 176 Å². The number of anilines is 1. The summed E-state index contributed by atoms with van der Waals surface area (Å²) in [6.45, 7) is 6.71. The molecule has 2 amide bonds. The number of para-hydroxylation sites is 2. The van der Waals surface area contributed by atoms with Crippen LogP contribution in [0.1, 0.15) is 63.7 Å². The van der Waals surface area contributed by atoms with E-state index in [0.29, 0.717) is 36.4 Å². The molecule has 1 aliphatic heterocycles. The molecule has 8 heteroatoms. The van der Waals surface area contributed by atoms with E-state index in [-0.39, 0.29) is 30.2 Å². The van der Waals surface area contributed by atoms with Gasteiger partial charge in [0.15, 0.2) is 5.82 Å². The first kappa shape index (κ1) is 20.4. The first-order valence-electron chi connectivity index (χ1n) is 10.6. The van der Waals surface area contributed by atoms with Gasteiger partial charge >= 0.3 is 0 Å². The summed E-state index contributed by atoms with van der Waals surface area (Å²) in [5.74, 6) is 1.56. The highest BCUT2D eigenvalue weighted by molar-refractivity contribution is 6.01. The van der Waals surface area contributed by atoms with Gasteiger partial charge in [-0.15, -0.1) is 0 Å². The fraction of sp³-hybridized carbons (Fsp3) is 0.545. The van der Waals surface area contributed by atoms with Gasteiger partial charge in [0.25, 0.3) is 0 Å².